The van der Waals surface area contributed by atoms with Crippen LogP contribution in [0.5, 0.6) is 0 Å². The van der Waals surface area contributed by atoms with Crippen LogP contribution in [0.25, 0.3) is 0 Å². The van der Waals surface area contributed by atoms with Gasteiger partial charge in [0.05, 0.1) is 29.8 Å². The molecule has 18 heavy (non-hydrogen) atoms. The first-order chi connectivity index (χ1) is 8.70. The zero-order valence-corrected chi connectivity index (χ0v) is 10.4. The van der Waals surface area contributed by atoms with Crippen LogP contribution in [0.2, 0.25) is 0 Å². The van der Waals surface area contributed by atoms with Gasteiger partial charge in [0.15, 0.2) is 0 Å². The van der Waals surface area contributed by atoms with E-state index in [1.807, 2.05) is 13.8 Å². The van der Waals surface area contributed by atoms with Crippen molar-refractivity contribution < 1.29 is 4.39 Å². The van der Waals surface area contributed by atoms with E-state index < -0.39 is 0 Å². The van der Waals surface area contributed by atoms with Gasteiger partial charge in [-0.3, -0.25) is 15.0 Å². The molecule has 2 rings (SSSR count). The van der Waals surface area contributed by atoms with Crippen molar-refractivity contribution in [2.24, 2.45) is 0 Å². The number of nitrogens with zero attached hydrogens (tertiary/aromatic N) is 3. The molecule has 1 atom stereocenters. The van der Waals surface area contributed by atoms with E-state index >= 15 is 0 Å². The van der Waals surface area contributed by atoms with Crippen molar-refractivity contribution in [3.8, 4) is 0 Å². The lowest BCUT2D eigenvalue weighted by molar-refractivity contribution is 0.587. The molecular formula is C13H15FN4. The highest BCUT2D eigenvalue weighted by Crippen LogP contribution is 2.19. The van der Waals surface area contributed by atoms with Gasteiger partial charge in [0, 0.05) is 12.4 Å². The minimum atomic E-state index is -0.351. The first-order valence-electron chi connectivity index (χ1n) is 5.83. The van der Waals surface area contributed by atoms with Crippen LogP contribution in [0.15, 0.2) is 30.9 Å². The molecule has 0 aliphatic carbocycles. The van der Waals surface area contributed by atoms with Gasteiger partial charge in [-0.25, -0.2) is 4.39 Å². The van der Waals surface area contributed by atoms with E-state index in [2.05, 4.69) is 20.3 Å². The molecule has 0 spiro atoms. The molecule has 2 heterocycles. The smallest absolute Gasteiger partial charge is 0.141 e. The van der Waals surface area contributed by atoms with Crippen LogP contribution in [0.3, 0.4) is 0 Å². The third-order valence-electron chi connectivity index (χ3n) is 2.56. The summed E-state index contributed by atoms with van der Waals surface area (Å²) in [7, 11) is 0. The van der Waals surface area contributed by atoms with E-state index in [4.69, 9.17) is 0 Å². The molecule has 0 saturated heterocycles. The van der Waals surface area contributed by atoms with E-state index in [0.29, 0.717) is 0 Å². The van der Waals surface area contributed by atoms with Gasteiger partial charge in [0.2, 0.25) is 0 Å². The Kier molecular flexibility index (Phi) is 3.94. The average molecular weight is 246 g/mol. The number of hydrogen-bond acceptors (Lipinski definition) is 4. The van der Waals surface area contributed by atoms with Crippen molar-refractivity contribution >= 4 is 0 Å². The molecule has 0 radical (unpaired) electrons. The molecule has 0 aliphatic rings. The highest BCUT2D eigenvalue weighted by molar-refractivity contribution is 5.24. The molecule has 0 amide bonds. The fraction of sp³-hybridized carbons (Fsp3) is 0.308. The van der Waals surface area contributed by atoms with Crippen molar-refractivity contribution in [2.75, 3.05) is 6.54 Å². The summed E-state index contributed by atoms with van der Waals surface area (Å²) in [6.45, 7) is 4.61. The predicted octanol–water partition coefficient (Wildman–Crippen LogP) is 2.02. The molecule has 1 N–H and O–H groups in total. The number of hydrogen-bond donors (Lipinski definition) is 1. The Morgan fingerprint density at radius 1 is 1.22 bits per heavy atom. The molecule has 0 aromatic carbocycles. The lowest BCUT2D eigenvalue weighted by Crippen LogP contribution is -2.23. The Morgan fingerprint density at radius 2 is 2.06 bits per heavy atom. The largest absolute Gasteiger partial charge is 0.305 e. The first-order valence-corrected chi connectivity index (χ1v) is 5.83. The van der Waals surface area contributed by atoms with Crippen LogP contribution in [-0.2, 0) is 0 Å². The van der Waals surface area contributed by atoms with Crippen molar-refractivity contribution in [3.63, 3.8) is 0 Å². The summed E-state index contributed by atoms with van der Waals surface area (Å²) in [5, 5.41) is 3.25. The van der Waals surface area contributed by atoms with E-state index in [1.54, 1.807) is 18.6 Å². The summed E-state index contributed by atoms with van der Waals surface area (Å²) in [5.74, 6) is -0.351. The fourth-order valence-corrected chi connectivity index (χ4v) is 1.74. The molecule has 2 aromatic heterocycles. The lowest BCUT2D eigenvalue weighted by Gasteiger charge is -2.17. The summed E-state index contributed by atoms with van der Waals surface area (Å²) in [5.41, 5.74) is 2.36. The Hall–Kier alpha value is -1.88. The molecule has 94 valence electrons. The van der Waals surface area contributed by atoms with E-state index in [9.17, 15) is 4.39 Å². The third-order valence-corrected chi connectivity index (χ3v) is 2.56. The quantitative estimate of drug-likeness (QED) is 0.896. The lowest BCUT2D eigenvalue weighted by atomic mass is 10.1. The summed E-state index contributed by atoms with van der Waals surface area (Å²) in [6.07, 6.45) is 6.23. The Labute approximate surface area is 105 Å². The Balaban J connectivity index is 2.36. The molecule has 1 unspecified atom stereocenters. The van der Waals surface area contributed by atoms with E-state index in [-0.39, 0.29) is 11.9 Å². The van der Waals surface area contributed by atoms with Crippen molar-refractivity contribution in [1.29, 1.82) is 0 Å². The van der Waals surface area contributed by atoms with Gasteiger partial charge in [0.1, 0.15) is 5.82 Å². The van der Waals surface area contributed by atoms with Crippen LogP contribution >= 0.6 is 0 Å². The van der Waals surface area contributed by atoms with Gasteiger partial charge in [0.25, 0.3) is 0 Å². The minimum absolute atomic E-state index is 0.189. The van der Waals surface area contributed by atoms with Crippen LogP contribution < -0.4 is 5.32 Å². The Morgan fingerprint density at radius 3 is 2.67 bits per heavy atom. The van der Waals surface area contributed by atoms with Gasteiger partial charge < -0.3 is 5.32 Å². The van der Waals surface area contributed by atoms with Crippen LogP contribution in [0.1, 0.15) is 29.9 Å². The molecule has 0 aliphatic heterocycles. The van der Waals surface area contributed by atoms with Gasteiger partial charge >= 0.3 is 0 Å². The number of nitrogens with one attached hydrogen (secondary N) is 1. The SMILES string of the molecule is CCNC(c1cncc(F)c1)c1cnc(C)cn1. The monoisotopic (exact) mass is 246 g/mol. The van der Waals surface area contributed by atoms with Crippen LogP contribution in [0.4, 0.5) is 4.39 Å². The summed E-state index contributed by atoms with van der Waals surface area (Å²) in [4.78, 5) is 12.4. The molecule has 0 fully saturated rings. The third kappa shape index (κ3) is 2.87. The molecule has 5 heteroatoms. The average Bonchev–Trinajstić information content (AvgIpc) is 2.37. The van der Waals surface area contributed by atoms with E-state index in [0.717, 1.165) is 23.5 Å². The number of aryl methyl sites for hydroxylation is 1. The topological polar surface area (TPSA) is 50.7 Å². The van der Waals surface area contributed by atoms with Crippen molar-refractivity contribution in [2.45, 2.75) is 19.9 Å². The number of aromatic nitrogens is 3. The van der Waals surface area contributed by atoms with E-state index in [1.165, 1.54) is 12.3 Å². The zero-order chi connectivity index (χ0) is 13.0. The second-order valence-corrected chi connectivity index (χ2v) is 4.01. The molecule has 0 saturated carbocycles. The number of pyridine rings is 1. The van der Waals surface area contributed by atoms with Gasteiger partial charge in [-0.05, 0) is 25.1 Å². The highest BCUT2D eigenvalue weighted by Gasteiger charge is 2.15. The number of rotatable bonds is 4. The van der Waals surface area contributed by atoms with Gasteiger partial charge in [-0.1, -0.05) is 6.92 Å². The maximum Gasteiger partial charge on any atom is 0.141 e. The summed E-state index contributed by atoms with van der Waals surface area (Å²) >= 11 is 0. The fourth-order valence-electron chi connectivity index (χ4n) is 1.74. The van der Waals surface area contributed by atoms with Crippen LogP contribution in [0, 0.1) is 12.7 Å². The van der Waals surface area contributed by atoms with Crippen LogP contribution in [-0.4, -0.2) is 21.5 Å². The minimum Gasteiger partial charge on any atom is -0.305 e. The van der Waals surface area contributed by atoms with Crippen molar-refractivity contribution in [1.82, 2.24) is 20.3 Å². The Bertz CT molecular complexity index is 513. The molecule has 4 nitrogen and oxygen atoms in total. The maximum absolute atomic E-state index is 13.2. The summed E-state index contributed by atoms with van der Waals surface area (Å²) < 4.78 is 13.2. The zero-order valence-electron chi connectivity index (χ0n) is 10.4. The molecular weight excluding hydrogens is 231 g/mol. The highest BCUT2D eigenvalue weighted by atomic mass is 19.1. The van der Waals surface area contributed by atoms with Gasteiger partial charge in [-0.15, -0.1) is 0 Å². The molecule has 2 aromatic rings. The number of halogens is 1. The van der Waals surface area contributed by atoms with Crippen molar-refractivity contribution in [3.05, 3.63) is 53.6 Å². The first kappa shape index (κ1) is 12.6. The predicted molar refractivity (Wildman–Crippen MR) is 66.5 cm³/mol. The second-order valence-electron chi connectivity index (χ2n) is 4.01. The second kappa shape index (κ2) is 5.64. The summed E-state index contributed by atoms with van der Waals surface area (Å²) in [6, 6.07) is 1.27. The van der Waals surface area contributed by atoms with Gasteiger partial charge in [-0.2, -0.15) is 0 Å². The molecule has 0 bridgehead atoms. The normalized spacial score (nSPS) is 12.4. The maximum atomic E-state index is 13.2. The standard InChI is InChI=1S/C13H15FN4/c1-3-16-13(10-4-11(14)7-15-6-10)12-8-17-9(2)5-18-12/h4-8,13,16H,3H2,1-2H3.